The topological polar surface area (TPSA) is 96.0 Å². The molecule has 2 atom stereocenters. The number of benzene rings is 3. The van der Waals surface area contributed by atoms with Crippen molar-refractivity contribution in [2.24, 2.45) is 11.8 Å². The van der Waals surface area contributed by atoms with Crippen molar-refractivity contribution in [1.29, 1.82) is 0 Å². The Morgan fingerprint density at radius 1 is 0.953 bits per heavy atom. The Labute approximate surface area is 264 Å². The van der Waals surface area contributed by atoms with E-state index in [-0.39, 0.29) is 45.8 Å². The number of alkyl carbamates (subject to hydrolysis) is 1. The molecule has 0 aromatic heterocycles. The molecule has 0 aliphatic carbocycles. The number of halogens is 2. The maximum Gasteiger partial charge on any atom is 0.407 e. The van der Waals surface area contributed by atoms with Gasteiger partial charge in [-0.15, -0.1) is 0 Å². The molecule has 1 heterocycles. The summed E-state index contributed by atoms with van der Waals surface area (Å²) in [6, 6.07) is 19.8. The Hall–Kier alpha value is -3.27. The van der Waals surface area contributed by atoms with Crippen molar-refractivity contribution in [3.8, 4) is 0 Å². The molecule has 43 heavy (non-hydrogen) atoms. The highest BCUT2D eigenvalue weighted by molar-refractivity contribution is 7.92. The summed E-state index contributed by atoms with van der Waals surface area (Å²) >= 11 is 12.6. The minimum Gasteiger partial charge on any atom is -0.444 e. The molecule has 0 spiro atoms. The van der Waals surface area contributed by atoms with E-state index in [4.69, 9.17) is 27.9 Å². The number of nitrogens with one attached hydrogen (secondary N) is 1. The van der Waals surface area contributed by atoms with E-state index >= 15 is 0 Å². The van der Waals surface area contributed by atoms with E-state index in [2.05, 4.69) is 5.32 Å². The normalized spacial score (nSPS) is 19.0. The molecule has 1 aliphatic rings. The number of carbonyl (C=O) groups excluding carboxylic acids is 2. The summed E-state index contributed by atoms with van der Waals surface area (Å²) in [5.41, 5.74) is 0.686. The van der Waals surface area contributed by atoms with Crippen molar-refractivity contribution in [3.63, 3.8) is 0 Å². The van der Waals surface area contributed by atoms with Crippen molar-refractivity contribution in [2.75, 3.05) is 17.4 Å². The zero-order chi connectivity index (χ0) is 31.5. The smallest absolute Gasteiger partial charge is 0.407 e. The molecule has 230 valence electrons. The van der Waals surface area contributed by atoms with E-state index in [1.54, 1.807) is 49.9 Å². The molecule has 1 saturated heterocycles. The van der Waals surface area contributed by atoms with Crippen LogP contribution in [0.5, 0.6) is 0 Å². The van der Waals surface area contributed by atoms with Crippen molar-refractivity contribution < 1.29 is 22.7 Å². The van der Waals surface area contributed by atoms with E-state index < -0.39 is 21.7 Å². The number of nitrogens with zero attached hydrogens (tertiary/aromatic N) is 2. The lowest BCUT2D eigenvalue weighted by molar-refractivity contribution is 0.0356. The lowest BCUT2D eigenvalue weighted by Crippen LogP contribution is -2.56. The fraction of sp³-hybridized carbons (Fsp3) is 0.375. The second-order valence-electron chi connectivity index (χ2n) is 12.0. The van der Waals surface area contributed by atoms with Gasteiger partial charge in [-0.05, 0) is 80.6 Å². The first-order valence-corrected chi connectivity index (χ1v) is 16.3. The van der Waals surface area contributed by atoms with Crippen LogP contribution in [0, 0.1) is 11.8 Å². The molecular formula is C32H37Cl2N3O5S. The third-order valence-electron chi connectivity index (χ3n) is 7.25. The molecule has 0 bridgehead atoms. The number of carbonyl (C=O) groups is 2. The predicted molar refractivity (Wildman–Crippen MR) is 170 cm³/mol. The summed E-state index contributed by atoms with van der Waals surface area (Å²) in [5.74, 6) is -0.549. The van der Waals surface area contributed by atoms with E-state index in [0.717, 1.165) is 5.56 Å². The number of sulfonamides is 1. The van der Waals surface area contributed by atoms with Crippen LogP contribution in [-0.2, 0) is 21.3 Å². The largest absolute Gasteiger partial charge is 0.444 e. The molecule has 1 aliphatic heterocycles. The average molecular weight is 647 g/mol. The second kappa shape index (κ2) is 13.2. The number of likely N-dealkylation sites (tertiary alicyclic amines) is 1. The van der Waals surface area contributed by atoms with Gasteiger partial charge in [0.25, 0.3) is 15.9 Å². The summed E-state index contributed by atoms with van der Waals surface area (Å²) in [6.45, 7) is 10.1. The van der Waals surface area contributed by atoms with Crippen LogP contribution < -0.4 is 9.62 Å². The molecule has 0 saturated carbocycles. The molecule has 0 radical (unpaired) electrons. The zero-order valence-electron chi connectivity index (χ0n) is 24.9. The van der Waals surface area contributed by atoms with Gasteiger partial charge >= 0.3 is 6.09 Å². The van der Waals surface area contributed by atoms with Gasteiger partial charge in [0.15, 0.2) is 0 Å². The van der Waals surface area contributed by atoms with Crippen molar-refractivity contribution in [2.45, 2.75) is 57.7 Å². The third-order valence-corrected chi connectivity index (χ3v) is 9.60. The molecule has 2 unspecified atom stereocenters. The Morgan fingerprint density at radius 2 is 1.56 bits per heavy atom. The SMILES string of the molecule is CC1CN(C(=O)c2cc(S(=O)(=O)N(Cc3ccccc3)c3ccc(Cl)cc3)ccc2Cl)CC(C)C1NC(=O)OC(C)(C)C. The minimum atomic E-state index is -4.13. The van der Waals surface area contributed by atoms with Gasteiger partial charge in [0.1, 0.15) is 5.60 Å². The summed E-state index contributed by atoms with van der Waals surface area (Å²) in [6.07, 6.45) is -0.502. The van der Waals surface area contributed by atoms with Crippen LogP contribution in [-0.4, -0.2) is 50.1 Å². The molecule has 11 heteroatoms. The fourth-order valence-corrected chi connectivity index (χ4v) is 7.05. The lowest BCUT2D eigenvalue weighted by atomic mass is 9.85. The first-order chi connectivity index (χ1) is 20.2. The number of rotatable bonds is 7. The van der Waals surface area contributed by atoms with Crippen LogP contribution in [0.2, 0.25) is 10.0 Å². The minimum absolute atomic E-state index is 0.0614. The van der Waals surface area contributed by atoms with Gasteiger partial charge in [0.05, 0.1) is 27.7 Å². The Morgan fingerprint density at radius 3 is 2.14 bits per heavy atom. The van der Waals surface area contributed by atoms with E-state index in [1.807, 2.05) is 44.2 Å². The van der Waals surface area contributed by atoms with Gasteiger partial charge in [-0.2, -0.15) is 0 Å². The van der Waals surface area contributed by atoms with Crippen LogP contribution in [0.25, 0.3) is 0 Å². The number of amides is 2. The Kier molecular flexibility index (Phi) is 9.99. The first-order valence-electron chi connectivity index (χ1n) is 14.1. The molecular weight excluding hydrogens is 609 g/mol. The van der Waals surface area contributed by atoms with Crippen molar-refractivity contribution >= 4 is 50.9 Å². The van der Waals surface area contributed by atoms with Gasteiger partial charge in [0.2, 0.25) is 0 Å². The number of hydrogen-bond acceptors (Lipinski definition) is 5. The van der Waals surface area contributed by atoms with Crippen molar-refractivity contribution in [3.05, 3.63) is 94.0 Å². The Bertz CT molecular complexity index is 1550. The maximum atomic E-state index is 14.1. The molecule has 3 aromatic carbocycles. The van der Waals surface area contributed by atoms with Gasteiger partial charge in [-0.3, -0.25) is 9.10 Å². The molecule has 8 nitrogen and oxygen atoms in total. The van der Waals surface area contributed by atoms with Gasteiger partial charge in [-0.1, -0.05) is 67.4 Å². The predicted octanol–water partition coefficient (Wildman–Crippen LogP) is 7.01. The maximum absolute atomic E-state index is 14.1. The highest BCUT2D eigenvalue weighted by atomic mass is 35.5. The fourth-order valence-electron chi connectivity index (χ4n) is 5.25. The van der Waals surface area contributed by atoms with Crippen molar-refractivity contribution in [1.82, 2.24) is 10.2 Å². The molecule has 2 amide bonds. The van der Waals surface area contributed by atoms with E-state index in [0.29, 0.717) is 23.8 Å². The molecule has 1 fully saturated rings. The molecule has 1 N–H and O–H groups in total. The summed E-state index contributed by atoms with van der Waals surface area (Å²) < 4.78 is 34.9. The van der Waals surface area contributed by atoms with E-state index in [9.17, 15) is 18.0 Å². The average Bonchev–Trinajstić information content (AvgIpc) is 2.93. The summed E-state index contributed by atoms with van der Waals surface area (Å²) in [7, 11) is -4.13. The van der Waals surface area contributed by atoms with Crippen LogP contribution in [0.1, 0.15) is 50.5 Å². The Balaban J connectivity index is 1.60. The number of ether oxygens (including phenoxy) is 1. The van der Waals surface area contributed by atoms with Gasteiger partial charge < -0.3 is 15.0 Å². The van der Waals surface area contributed by atoms with Crippen LogP contribution in [0.15, 0.2) is 77.7 Å². The zero-order valence-corrected chi connectivity index (χ0v) is 27.2. The highest BCUT2D eigenvalue weighted by Crippen LogP contribution is 2.31. The number of piperidine rings is 1. The van der Waals surface area contributed by atoms with Crippen LogP contribution >= 0.6 is 23.2 Å². The highest BCUT2D eigenvalue weighted by Gasteiger charge is 2.37. The van der Waals surface area contributed by atoms with Crippen LogP contribution in [0.3, 0.4) is 0 Å². The quantitative estimate of drug-likeness (QED) is 0.298. The standard InChI is InChI=1S/C32H37Cl2N3O5S/c1-21-18-36(19-22(2)29(21)35-31(39)42-32(3,4)5)30(38)27-17-26(15-16-28(27)34)43(40,41)37(20-23-9-7-6-8-10-23)25-13-11-24(33)12-14-25/h6-17,21-22,29H,18-20H2,1-5H3,(H,35,39). The van der Waals surface area contributed by atoms with Crippen LogP contribution in [0.4, 0.5) is 10.5 Å². The van der Waals surface area contributed by atoms with Gasteiger partial charge in [-0.25, -0.2) is 13.2 Å². The monoisotopic (exact) mass is 645 g/mol. The second-order valence-corrected chi connectivity index (χ2v) is 14.7. The number of hydrogen-bond donors (Lipinski definition) is 1. The van der Waals surface area contributed by atoms with Gasteiger partial charge in [0, 0.05) is 24.2 Å². The summed E-state index contributed by atoms with van der Waals surface area (Å²) in [5, 5.41) is 3.58. The molecule has 4 rings (SSSR count). The third kappa shape index (κ3) is 8.02. The first kappa shape index (κ1) is 32.6. The summed E-state index contributed by atoms with van der Waals surface area (Å²) in [4.78, 5) is 27.8. The lowest BCUT2D eigenvalue weighted by Gasteiger charge is -2.41. The number of anilines is 1. The van der Waals surface area contributed by atoms with E-state index in [1.165, 1.54) is 22.5 Å². The molecule has 3 aromatic rings.